The molecule has 2 N–H and O–H groups in total. The topological polar surface area (TPSA) is 64.2 Å². The monoisotopic (exact) mass is 216 g/mol. The zero-order valence-electron chi connectivity index (χ0n) is 8.34. The molecule has 0 bridgehead atoms. The lowest BCUT2D eigenvalue weighted by Gasteiger charge is -2.00. The molecule has 0 saturated heterocycles. The number of hydrogen-bond donors (Lipinski definition) is 1. The molecule has 0 aliphatic carbocycles. The van der Waals surface area contributed by atoms with Gasteiger partial charge in [-0.3, -0.25) is 0 Å². The largest absolute Gasteiger partial charge is 0.383 e. The Hall–Kier alpha value is -2.30. The molecule has 0 aliphatic heterocycles. The summed E-state index contributed by atoms with van der Waals surface area (Å²) in [6.45, 7) is 0. The number of nitrogens with zero attached hydrogens (tertiary/aromatic N) is 3. The Morgan fingerprint density at radius 2 is 1.75 bits per heavy atom. The minimum Gasteiger partial charge on any atom is -0.383 e. The second-order valence-electron chi connectivity index (χ2n) is 3.10. The van der Waals surface area contributed by atoms with Gasteiger partial charge in [0.1, 0.15) is 23.7 Å². The van der Waals surface area contributed by atoms with Crippen LogP contribution in [-0.2, 0) is 0 Å². The van der Waals surface area contributed by atoms with Crippen molar-refractivity contribution in [1.82, 2.24) is 9.97 Å². The van der Waals surface area contributed by atoms with Gasteiger partial charge in [0.15, 0.2) is 0 Å². The van der Waals surface area contributed by atoms with Crippen LogP contribution in [0.4, 0.5) is 10.1 Å². The van der Waals surface area contributed by atoms with Crippen molar-refractivity contribution in [2.24, 2.45) is 10.7 Å². The third-order valence-corrected chi connectivity index (χ3v) is 1.94. The molecular weight excluding hydrogens is 207 g/mol. The van der Waals surface area contributed by atoms with Gasteiger partial charge in [0, 0.05) is 5.56 Å². The predicted molar refractivity (Wildman–Crippen MR) is 58.8 cm³/mol. The van der Waals surface area contributed by atoms with Gasteiger partial charge in [0.05, 0.1) is 12.4 Å². The van der Waals surface area contributed by atoms with Crippen LogP contribution in [0.25, 0.3) is 0 Å². The van der Waals surface area contributed by atoms with Crippen LogP contribution in [0.3, 0.4) is 0 Å². The van der Waals surface area contributed by atoms with Gasteiger partial charge in [-0.15, -0.1) is 0 Å². The Kier molecular flexibility index (Phi) is 2.86. The van der Waals surface area contributed by atoms with Crippen LogP contribution in [0.1, 0.15) is 5.56 Å². The zero-order chi connectivity index (χ0) is 11.4. The van der Waals surface area contributed by atoms with Gasteiger partial charge in [-0.2, -0.15) is 0 Å². The van der Waals surface area contributed by atoms with Crippen LogP contribution in [0.5, 0.6) is 0 Å². The van der Waals surface area contributed by atoms with E-state index in [1.54, 1.807) is 24.5 Å². The summed E-state index contributed by atoms with van der Waals surface area (Å²) in [5, 5.41) is 0. The van der Waals surface area contributed by atoms with Crippen molar-refractivity contribution in [3.8, 4) is 0 Å². The Morgan fingerprint density at radius 1 is 1.12 bits per heavy atom. The van der Waals surface area contributed by atoms with Gasteiger partial charge in [0.2, 0.25) is 0 Å². The number of rotatable bonds is 2. The molecule has 0 aliphatic rings. The minimum atomic E-state index is -0.306. The number of aliphatic imine (C=N–C) groups is 1. The van der Waals surface area contributed by atoms with E-state index in [1.165, 1.54) is 18.5 Å². The second-order valence-corrected chi connectivity index (χ2v) is 3.10. The van der Waals surface area contributed by atoms with E-state index < -0.39 is 0 Å². The molecule has 0 fully saturated rings. The fourth-order valence-corrected chi connectivity index (χ4v) is 1.17. The first-order chi connectivity index (χ1) is 7.75. The van der Waals surface area contributed by atoms with E-state index in [4.69, 9.17) is 5.73 Å². The number of halogens is 1. The van der Waals surface area contributed by atoms with Gasteiger partial charge in [-0.25, -0.2) is 19.4 Å². The van der Waals surface area contributed by atoms with Crippen molar-refractivity contribution in [3.05, 3.63) is 54.4 Å². The number of hydrogen-bond acceptors (Lipinski definition) is 3. The summed E-state index contributed by atoms with van der Waals surface area (Å²) in [5.41, 5.74) is 6.97. The van der Waals surface area contributed by atoms with Crippen molar-refractivity contribution < 1.29 is 4.39 Å². The Balaban J connectivity index is 2.28. The maximum absolute atomic E-state index is 12.7. The summed E-state index contributed by atoms with van der Waals surface area (Å²) >= 11 is 0. The van der Waals surface area contributed by atoms with Crippen LogP contribution < -0.4 is 5.73 Å². The van der Waals surface area contributed by atoms with E-state index in [1.807, 2.05) is 0 Å². The van der Waals surface area contributed by atoms with Gasteiger partial charge in [-0.1, -0.05) is 0 Å². The van der Waals surface area contributed by atoms with E-state index >= 15 is 0 Å². The Labute approximate surface area is 91.7 Å². The minimum absolute atomic E-state index is 0.301. The lowest BCUT2D eigenvalue weighted by atomic mass is 10.2. The summed E-state index contributed by atoms with van der Waals surface area (Å²) in [5.74, 6) is -0.00519. The maximum Gasteiger partial charge on any atom is 0.131 e. The quantitative estimate of drug-likeness (QED) is 0.613. The molecule has 5 heteroatoms. The van der Waals surface area contributed by atoms with E-state index in [-0.39, 0.29) is 5.82 Å². The third kappa shape index (κ3) is 2.38. The maximum atomic E-state index is 12.7. The molecule has 0 saturated carbocycles. The van der Waals surface area contributed by atoms with Gasteiger partial charge >= 0.3 is 0 Å². The number of nitrogens with two attached hydrogens (primary N) is 1. The van der Waals surface area contributed by atoms with Crippen LogP contribution in [0, 0.1) is 5.82 Å². The highest BCUT2D eigenvalue weighted by Crippen LogP contribution is 2.09. The van der Waals surface area contributed by atoms with Crippen molar-refractivity contribution in [2.75, 3.05) is 0 Å². The molecule has 2 aromatic rings. The molecule has 80 valence electrons. The molecule has 0 amide bonds. The van der Waals surface area contributed by atoms with Crippen LogP contribution >= 0.6 is 0 Å². The highest BCUT2D eigenvalue weighted by Gasteiger charge is 1.99. The molecule has 16 heavy (non-hydrogen) atoms. The highest BCUT2D eigenvalue weighted by molar-refractivity contribution is 5.98. The average molecular weight is 216 g/mol. The van der Waals surface area contributed by atoms with Crippen molar-refractivity contribution in [2.45, 2.75) is 0 Å². The lowest BCUT2D eigenvalue weighted by molar-refractivity contribution is 0.628. The van der Waals surface area contributed by atoms with E-state index in [0.29, 0.717) is 17.1 Å². The highest BCUT2D eigenvalue weighted by atomic mass is 19.1. The first kappa shape index (κ1) is 10.2. The summed E-state index contributed by atoms with van der Waals surface area (Å²) in [4.78, 5) is 11.7. The van der Waals surface area contributed by atoms with Gasteiger partial charge in [0.25, 0.3) is 0 Å². The van der Waals surface area contributed by atoms with E-state index in [0.717, 1.165) is 0 Å². The van der Waals surface area contributed by atoms with Crippen LogP contribution in [0.2, 0.25) is 0 Å². The fraction of sp³-hybridized carbons (Fsp3) is 0. The first-order valence-electron chi connectivity index (χ1n) is 4.61. The number of aromatic nitrogens is 2. The SMILES string of the molecule is NC(=Nc1cncnc1)c1ccc(F)cc1. The van der Waals surface area contributed by atoms with E-state index in [2.05, 4.69) is 15.0 Å². The molecule has 1 aromatic heterocycles. The van der Waals surface area contributed by atoms with Gasteiger partial charge in [-0.05, 0) is 24.3 Å². The van der Waals surface area contributed by atoms with Crippen molar-refractivity contribution in [1.29, 1.82) is 0 Å². The van der Waals surface area contributed by atoms with Crippen LogP contribution in [-0.4, -0.2) is 15.8 Å². The van der Waals surface area contributed by atoms with Crippen molar-refractivity contribution in [3.63, 3.8) is 0 Å². The molecule has 1 heterocycles. The average Bonchev–Trinajstić information content (AvgIpc) is 2.31. The standard InChI is InChI=1S/C11H9FN4/c12-9-3-1-8(2-4-9)11(13)16-10-5-14-7-15-6-10/h1-7H,(H2,13,16). The predicted octanol–water partition coefficient (Wildman–Crippen LogP) is 1.65. The fourth-order valence-electron chi connectivity index (χ4n) is 1.17. The van der Waals surface area contributed by atoms with Gasteiger partial charge < -0.3 is 5.73 Å². The third-order valence-electron chi connectivity index (χ3n) is 1.94. The molecule has 1 aromatic carbocycles. The zero-order valence-corrected chi connectivity index (χ0v) is 8.34. The molecular formula is C11H9FN4. The Bertz CT molecular complexity index is 493. The summed E-state index contributed by atoms with van der Waals surface area (Å²) in [6.07, 6.45) is 4.50. The molecule has 2 rings (SSSR count). The molecule has 0 unspecified atom stereocenters. The van der Waals surface area contributed by atoms with E-state index in [9.17, 15) is 4.39 Å². The number of amidine groups is 1. The summed E-state index contributed by atoms with van der Waals surface area (Å²) in [7, 11) is 0. The number of benzene rings is 1. The normalized spacial score (nSPS) is 11.4. The second kappa shape index (κ2) is 4.48. The molecule has 0 spiro atoms. The first-order valence-corrected chi connectivity index (χ1v) is 4.61. The smallest absolute Gasteiger partial charge is 0.131 e. The summed E-state index contributed by atoms with van der Waals surface area (Å²) in [6, 6.07) is 5.80. The molecule has 0 radical (unpaired) electrons. The molecule has 0 atom stereocenters. The van der Waals surface area contributed by atoms with Crippen molar-refractivity contribution >= 4 is 11.5 Å². The van der Waals surface area contributed by atoms with Crippen LogP contribution in [0.15, 0.2) is 48.0 Å². The Morgan fingerprint density at radius 3 is 2.38 bits per heavy atom. The summed E-state index contributed by atoms with van der Waals surface area (Å²) < 4.78 is 12.7. The lowest BCUT2D eigenvalue weighted by Crippen LogP contribution is -2.12. The molecule has 4 nitrogen and oxygen atoms in total.